The van der Waals surface area contributed by atoms with E-state index < -0.39 is 11.3 Å². The molecule has 0 radical (unpaired) electrons. The fraction of sp³-hybridized carbons (Fsp3) is 0.0833. The number of fused-ring (bicyclic) bond motifs is 8. The summed E-state index contributed by atoms with van der Waals surface area (Å²) in [6.07, 6.45) is 4.63. The predicted molar refractivity (Wildman–Crippen MR) is 176 cm³/mol. The van der Waals surface area contributed by atoms with Crippen LogP contribution in [0.5, 0.6) is 11.5 Å². The first-order valence-corrected chi connectivity index (χ1v) is 14.4. The molecule has 1 N–H and O–H groups in total. The molecule has 9 aromatic rings. The second-order valence-electron chi connectivity index (χ2n) is 10.3. The number of aliphatic hydroxyl groups is 1. The number of furan rings is 3. The zero-order valence-corrected chi connectivity index (χ0v) is 25.3. The van der Waals surface area contributed by atoms with Gasteiger partial charge in [-0.1, -0.05) is 0 Å². The molecule has 0 aliphatic carbocycles. The zero-order chi connectivity index (χ0) is 33.4. The van der Waals surface area contributed by atoms with Gasteiger partial charge in [-0.15, -0.1) is 0 Å². The van der Waals surface area contributed by atoms with Crippen molar-refractivity contribution in [2.24, 2.45) is 0 Å². The van der Waals surface area contributed by atoms with Crippen LogP contribution in [0, 0.1) is 0 Å². The maximum absolute atomic E-state index is 11.3. The second kappa shape index (κ2) is 12.3. The van der Waals surface area contributed by atoms with E-state index in [9.17, 15) is 19.5 Å². The summed E-state index contributed by atoms with van der Waals surface area (Å²) in [7, 11) is 3.05. The smallest absolute Gasteiger partial charge is 0.336 e. The fourth-order valence-corrected chi connectivity index (χ4v) is 5.51. The molecule has 3 aromatic carbocycles. The lowest BCUT2D eigenvalue weighted by molar-refractivity contribution is 0.282. The van der Waals surface area contributed by atoms with Crippen LogP contribution in [-0.2, 0) is 6.61 Å². The summed E-state index contributed by atoms with van der Waals surface area (Å²) in [4.78, 5) is 33.5. The van der Waals surface area contributed by atoms with E-state index in [4.69, 9.17) is 36.0 Å². The lowest BCUT2D eigenvalue weighted by atomic mass is 10.1. The molecule has 0 atom stereocenters. The third-order valence-corrected chi connectivity index (χ3v) is 7.59. The van der Waals surface area contributed by atoms with Crippen molar-refractivity contribution in [3.63, 3.8) is 0 Å². The van der Waals surface area contributed by atoms with Gasteiger partial charge in [0.2, 0.25) is 5.75 Å². The normalized spacial score (nSPS) is 11.1. The van der Waals surface area contributed by atoms with E-state index in [1.165, 1.54) is 37.8 Å². The summed E-state index contributed by atoms with van der Waals surface area (Å²) in [5.41, 5.74) is 2.68. The van der Waals surface area contributed by atoms with Gasteiger partial charge >= 0.3 is 16.9 Å². The molecule has 0 fully saturated rings. The van der Waals surface area contributed by atoms with Gasteiger partial charge < -0.3 is 41.1 Å². The van der Waals surface area contributed by atoms with Crippen LogP contribution in [0.3, 0.4) is 0 Å². The highest BCUT2D eigenvalue weighted by Crippen LogP contribution is 2.42. The van der Waals surface area contributed by atoms with E-state index in [0.29, 0.717) is 55.8 Å². The molecular formula is C36H24O12. The van der Waals surface area contributed by atoms with Crippen LogP contribution in [0.4, 0.5) is 0 Å². The van der Waals surface area contributed by atoms with Gasteiger partial charge in [0.25, 0.3) is 0 Å². The van der Waals surface area contributed by atoms with Gasteiger partial charge in [-0.05, 0) is 54.6 Å². The molecule has 12 heteroatoms. The van der Waals surface area contributed by atoms with Crippen LogP contribution in [0.1, 0.15) is 5.56 Å². The van der Waals surface area contributed by atoms with Gasteiger partial charge in [-0.2, -0.15) is 0 Å². The van der Waals surface area contributed by atoms with E-state index in [2.05, 4.69) is 0 Å². The minimum atomic E-state index is -0.450. The second-order valence-corrected chi connectivity index (χ2v) is 10.3. The highest BCUT2D eigenvalue weighted by atomic mass is 16.5. The van der Waals surface area contributed by atoms with Gasteiger partial charge in [-0.3, -0.25) is 0 Å². The average Bonchev–Trinajstić information content (AvgIpc) is 3.89. The fourth-order valence-electron chi connectivity index (χ4n) is 5.51. The van der Waals surface area contributed by atoms with Gasteiger partial charge in [0, 0.05) is 34.5 Å². The van der Waals surface area contributed by atoms with Crippen molar-refractivity contribution in [1.29, 1.82) is 0 Å². The first-order valence-electron chi connectivity index (χ1n) is 14.4. The molecule has 12 nitrogen and oxygen atoms in total. The SMILES string of the molecule is COc1c2ccoc2c(OC)c2oc(=O)ccc12.O=c1ccc2cc(CO)c3occc3c2o1.O=c1ccc2ccc3occc3c2o1. The summed E-state index contributed by atoms with van der Waals surface area (Å²) in [5, 5.41) is 13.9. The molecule has 0 amide bonds. The van der Waals surface area contributed by atoms with Crippen LogP contribution < -0.4 is 26.4 Å². The van der Waals surface area contributed by atoms with E-state index in [1.54, 1.807) is 55.8 Å². The molecular weight excluding hydrogens is 624 g/mol. The highest BCUT2D eigenvalue weighted by molar-refractivity contribution is 6.07. The molecule has 0 saturated carbocycles. The van der Waals surface area contributed by atoms with Crippen LogP contribution >= 0.6 is 0 Å². The maximum atomic E-state index is 11.3. The minimum absolute atomic E-state index is 0.112. The number of benzene rings is 3. The minimum Gasteiger partial charge on any atom is -0.495 e. The van der Waals surface area contributed by atoms with Crippen LogP contribution in [0.15, 0.2) is 132 Å². The molecule has 48 heavy (non-hydrogen) atoms. The topological polar surface area (TPSA) is 169 Å². The Morgan fingerprint density at radius 3 is 1.77 bits per heavy atom. The van der Waals surface area contributed by atoms with Crippen molar-refractivity contribution in [3.05, 3.63) is 128 Å². The average molecular weight is 649 g/mol. The maximum Gasteiger partial charge on any atom is 0.336 e. The number of hydrogen-bond acceptors (Lipinski definition) is 12. The van der Waals surface area contributed by atoms with Gasteiger partial charge in [0.05, 0.1) is 61.2 Å². The molecule has 0 unspecified atom stereocenters. The Morgan fingerprint density at radius 1 is 0.521 bits per heavy atom. The first kappa shape index (κ1) is 30.1. The number of methoxy groups -OCH3 is 2. The van der Waals surface area contributed by atoms with Crippen molar-refractivity contribution >= 4 is 65.8 Å². The van der Waals surface area contributed by atoms with Crippen LogP contribution in [0.25, 0.3) is 65.8 Å². The summed E-state index contributed by atoms with van der Waals surface area (Å²) < 4.78 is 41.9. The van der Waals surface area contributed by atoms with Gasteiger partial charge in [0.1, 0.15) is 28.1 Å². The summed E-state index contributed by atoms with van der Waals surface area (Å²) >= 11 is 0. The quantitative estimate of drug-likeness (QED) is 0.193. The van der Waals surface area contributed by atoms with Crippen molar-refractivity contribution in [2.75, 3.05) is 14.2 Å². The van der Waals surface area contributed by atoms with Gasteiger partial charge in [-0.25, -0.2) is 14.4 Å². The largest absolute Gasteiger partial charge is 0.495 e. The summed E-state index contributed by atoms with van der Waals surface area (Å²) in [5.74, 6) is 0.988. The first-order chi connectivity index (χ1) is 23.4. The molecule has 0 spiro atoms. The number of hydrogen-bond donors (Lipinski definition) is 1. The summed E-state index contributed by atoms with van der Waals surface area (Å²) in [6.45, 7) is -0.112. The number of aliphatic hydroxyl groups excluding tert-OH is 1. The van der Waals surface area contributed by atoms with Crippen LogP contribution in [0.2, 0.25) is 0 Å². The monoisotopic (exact) mass is 648 g/mol. The molecule has 240 valence electrons. The Hall–Kier alpha value is -6.53. The Balaban J connectivity index is 0.000000115. The number of ether oxygens (including phenoxy) is 2. The Labute approximate surface area is 267 Å². The third kappa shape index (κ3) is 5.25. The molecule has 0 bridgehead atoms. The standard InChI is InChI=1S/C13H10O5.C12H8O4.C11H6O3/c1-15-10-7-3-4-9(14)18-12(7)13(16-2)11-8(10)5-6-17-11;13-6-8-5-7-1-2-10(14)16-12(7)9-3-4-15-11(8)9;12-10-4-2-7-1-3-9-8(5-6-13-9)11(7)14-10/h3-6H,1-2H3;1-5,13H,6H2;1-6H. The number of rotatable bonds is 3. The highest BCUT2D eigenvalue weighted by Gasteiger charge is 2.19. The zero-order valence-electron chi connectivity index (χ0n) is 25.3. The molecule has 0 aliphatic heterocycles. The molecule has 9 rings (SSSR count). The predicted octanol–water partition coefficient (Wildman–Crippen LogP) is 7.13. The molecule has 6 aromatic heterocycles. The Kier molecular flexibility index (Phi) is 7.75. The van der Waals surface area contributed by atoms with Gasteiger partial charge in [0.15, 0.2) is 11.2 Å². The van der Waals surface area contributed by atoms with Crippen LogP contribution in [-0.4, -0.2) is 19.3 Å². The Morgan fingerprint density at radius 2 is 1.06 bits per heavy atom. The van der Waals surface area contributed by atoms with E-state index >= 15 is 0 Å². The van der Waals surface area contributed by atoms with Crippen molar-refractivity contribution in [1.82, 2.24) is 0 Å². The van der Waals surface area contributed by atoms with E-state index in [-0.39, 0.29) is 12.2 Å². The molecule has 0 aliphatic rings. The molecule has 0 saturated heterocycles. The lowest BCUT2D eigenvalue weighted by Gasteiger charge is -2.09. The van der Waals surface area contributed by atoms with E-state index in [1.807, 2.05) is 12.1 Å². The Bertz CT molecular complexity index is 2770. The van der Waals surface area contributed by atoms with E-state index in [0.717, 1.165) is 27.1 Å². The summed E-state index contributed by atoms with van der Waals surface area (Å²) in [6, 6.07) is 19.9. The van der Waals surface area contributed by atoms with Crippen molar-refractivity contribution in [2.45, 2.75) is 6.61 Å². The third-order valence-electron chi connectivity index (χ3n) is 7.59. The molecule has 6 heterocycles. The van der Waals surface area contributed by atoms with Crippen molar-refractivity contribution < 1.29 is 41.1 Å². The lowest BCUT2D eigenvalue weighted by Crippen LogP contribution is -1.98. The van der Waals surface area contributed by atoms with Crippen molar-refractivity contribution in [3.8, 4) is 11.5 Å².